The first-order valence-electron chi connectivity index (χ1n) is 3.79. The first-order chi connectivity index (χ1) is 7.57. The van der Waals surface area contributed by atoms with Gasteiger partial charge in [-0.2, -0.15) is 0 Å². The van der Waals surface area contributed by atoms with Crippen molar-refractivity contribution in [3.8, 4) is 0 Å². The van der Waals surface area contributed by atoms with Crippen molar-refractivity contribution < 1.29 is 140 Å². The van der Waals surface area contributed by atoms with Gasteiger partial charge in [0.1, 0.15) is 11.9 Å². The molecule has 0 saturated heterocycles. The van der Waals surface area contributed by atoms with Crippen molar-refractivity contribution >= 4 is 5.97 Å². The van der Waals surface area contributed by atoms with E-state index < -0.39 is 49.3 Å². The molecular formula is C6H7KMnNaO10. The number of aliphatic hydroxyl groups is 3. The van der Waals surface area contributed by atoms with Crippen LogP contribution >= 0.6 is 0 Å². The van der Waals surface area contributed by atoms with Gasteiger partial charge in [0.15, 0.2) is 6.10 Å². The van der Waals surface area contributed by atoms with Crippen molar-refractivity contribution in [1.82, 2.24) is 0 Å². The minimum absolute atomic E-state index is 0. The van der Waals surface area contributed by atoms with Crippen molar-refractivity contribution in [2.24, 2.45) is 0 Å². The number of rotatable bonds is 2. The predicted octanol–water partition coefficient (Wildman–Crippen LogP) is -10.1. The number of aliphatic hydroxyl groups excluding tert-OH is 3. The zero-order valence-electron chi connectivity index (χ0n) is 9.94. The van der Waals surface area contributed by atoms with Gasteiger partial charge in [-0.15, -0.1) is 0 Å². The van der Waals surface area contributed by atoms with Crippen molar-refractivity contribution in [1.29, 1.82) is 0 Å². The number of hydrogen-bond acceptors (Lipinski definition) is 10. The van der Waals surface area contributed by atoms with Crippen LogP contribution in [0.5, 0.6) is 0 Å². The van der Waals surface area contributed by atoms with Crippen LogP contribution < -0.4 is 90.2 Å². The van der Waals surface area contributed by atoms with Crippen molar-refractivity contribution in [3.05, 3.63) is 11.5 Å². The minimum atomic E-state index is -5.62. The van der Waals surface area contributed by atoms with Crippen LogP contribution in [0.2, 0.25) is 0 Å². The average molecular weight is 356 g/mol. The summed E-state index contributed by atoms with van der Waals surface area (Å²) in [5.74, 6) is -3.25. The molecule has 3 N–H and O–H groups in total. The summed E-state index contributed by atoms with van der Waals surface area (Å²) in [6, 6.07) is 0. The fourth-order valence-electron chi connectivity index (χ4n) is 0.815. The molecule has 0 spiro atoms. The van der Waals surface area contributed by atoms with E-state index in [1.54, 1.807) is 0 Å². The summed E-state index contributed by atoms with van der Waals surface area (Å²) in [5, 5.41) is 36.8. The molecular weight excluding hydrogens is 349 g/mol. The number of cyclic esters (lactones) is 1. The fraction of sp³-hybridized carbons (Fsp3) is 0.500. The first-order valence-corrected chi connectivity index (χ1v) is 5.72. The summed E-state index contributed by atoms with van der Waals surface area (Å²) in [5.41, 5.74) is 0. The molecule has 0 aromatic heterocycles. The van der Waals surface area contributed by atoms with Crippen LogP contribution in [0.15, 0.2) is 11.5 Å². The van der Waals surface area contributed by atoms with E-state index in [1.807, 2.05) is 0 Å². The van der Waals surface area contributed by atoms with E-state index in [9.17, 15) is 9.90 Å². The summed E-state index contributed by atoms with van der Waals surface area (Å²) in [6.45, 7) is -0.699. The van der Waals surface area contributed by atoms with Crippen LogP contribution in [-0.2, 0) is 34.0 Å². The zero-order valence-corrected chi connectivity index (χ0v) is 16.2. The first kappa shape index (κ1) is 25.2. The van der Waals surface area contributed by atoms with Crippen LogP contribution in [0.3, 0.4) is 0 Å². The summed E-state index contributed by atoms with van der Waals surface area (Å²) in [7, 11) is 0. The molecule has 0 radical (unpaired) electrons. The standard InChI is InChI=1S/C6H8O6.K.Mn.Na.4O/c7-1-2(8)5-3(9)4(10)6(11)12-5;;;;;;;/h2,5,7-10H,1H2;;;;;;;/q;+1;;+1;;;;-1/p-1/t2-,5+;;;;;;;/m0......./s1. The van der Waals surface area contributed by atoms with Gasteiger partial charge in [-0.3, -0.25) is 0 Å². The molecule has 0 aromatic rings. The van der Waals surface area contributed by atoms with Crippen molar-refractivity contribution in [3.63, 3.8) is 0 Å². The summed E-state index contributed by atoms with van der Waals surface area (Å²) in [6.07, 6.45) is -2.88. The maximum absolute atomic E-state index is 10.6. The van der Waals surface area contributed by atoms with Crippen LogP contribution in [0.25, 0.3) is 0 Å². The molecule has 13 heteroatoms. The molecule has 19 heavy (non-hydrogen) atoms. The maximum atomic E-state index is 10.6. The molecule has 0 unspecified atom stereocenters. The number of carbonyl (C=O) groups is 1. The summed E-state index contributed by atoms with van der Waals surface area (Å²) in [4.78, 5) is 10.5. The third-order valence-electron chi connectivity index (χ3n) is 1.46. The SMILES string of the molecule is O=C1O[C@H]([C@@H](O)CO)C(O)=C1[O-].[K+].[Na+].[O]=[Mn](=[O])(=[O])[O-]. The van der Waals surface area contributed by atoms with Gasteiger partial charge in [-0.05, 0) is 0 Å². The normalized spacial score (nSPS) is 19.3. The molecule has 0 aliphatic carbocycles. The van der Waals surface area contributed by atoms with Crippen molar-refractivity contribution in [2.45, 2.75) is 12.2 Å². The Morgan fingerprint density at radius 3 is 1.95 bits per heavy atom. The third-order valence-corrected chi connectivity index (χ3v) is 1.46. The molecule has 1 aliphatic heterocycles. The van der Waals surface area contributed by atoms with Gasteiger partial charge in [0.2, 0.25) is 0 Å². The van der Waals surface area contributed by atoms with E-state index in [0.717, 1.165) is 0 Å². The van der Waals surface area contributed by atoms with E-state index in [2.05, 4.69) is 4.74 Å². The molecule has 0 fully saturated rings. The van der Waals surface area contributed by atoms with Gasteiger partial charge in [0.25, 0.3) is 0 Å². The molecule has 1 aliphatic rings. The number of ether oxygens (including phenoxy) is 1. The van der Waals surface area contributed by atoms with Gasteiger partial charge in [-0.25, -0.2) is 4.79 Å². The Balaban J connectivity index is -0.000000320. The molecule has 1 heterocycles. The Kier molecular flexibility index (Phi) is 14.5. The van der Waals surface area contributed by atoms with E-state index >= 15 is 0 Å². The number of carbonyl (C=O) groups excluding carboxylic acids is 1. The van der Waals surface area contributed by atoms with E-state index in [0.29, 0.717) is 0 Å². The molecule has 2 atom stereocenters. The Bertz CT molecular complexity index is 465. The second kappa shape index (κ2) is 10.9. The van der Waals surface area contributed by atoms with Gasteiger partial charge >= 0.3 is 116 Å². The molecule has 10 nitrogen and oxygen atoms in total. The molecule has 100 valence electrons. The van der Waals surface area contributed by atoms with Crippen LogP contribution in [0, 0.1) is 0 Å². The summed E-state index contributed by atoms with van der Waals surface area (Å²) >= 11 is -5.62. The van der Waals surface area contributed by atoms with Gasteiger partial charge in [0.05, 0.1) is 6.61 Å². The Morgan fingerprint density at radius 2 is 1.74 bits per heavy atom. The molecule has 0 amide bonds. The van der Waals surface area contributed by atoms with Crippen LogP contribution in [-0.4, -0.2) is 40.1 Å². The van der Waals surface area contributed by atoms with E-state index in [-0.39, 0.29) is 80.9 Å². The Hall–Kier alpha value is 1.25. The Labute approximate surface area is 173 Å². The molecule has 0 aromatic carbocycles. The van der Waals surface area contributed by atoms with Crippen LogP contribution in [0.1, 0.15) is 0 Å². The fourth-order valence-corrected chi connectivity index (χ4v) is 0.815. The Morgan fingerprint density at radius 1 is 1.37 bits per heavy atom. The second-order valence-corrected chi connectivity index (χ2v) is 3.85. The summed E-state index contributed by atoms with van der Waals surface area (Å²) < 4.78 is 38.6. The average Bonchev–Trinajstić information content (AvgIpc) is 2.42. The van der Waals surface area contributed by atoms with Crippen LogP contribution in [0.4, 0.5) is 0 Å². The predicted molar refractivity (Wildman–Crippen MR) is 34.7 cm³/mol. The molecule has 0 saturated carbocycles. The number of hydrogen-bond donors (Lipinski definition) is 3. The number of esters is 1. The quantitative estimate of drug-likeness (QED) is 0.317. The zero-order chi connectivity index (χ0) is 13.8. The molecule has 1 rings (SSSR count). The van der Waals surface area contributed by atoms with Gasteiger partial charge in [-0.1, -0.05) is 0 Å². The third kappa shape index (κ3) is 10.6. The van der Waals surface area contributed by atoms with E-state index in [1.165, 1.54) is 0 Å². The monoisotopic (exact) mass is 356 g/mol. The van der Waals surface area contributed by atoms with Crippen molar-refractivity contribution in [2.75, 3.05) is 6.61 Å². The van der Waals surface area contributed by atoms with Gasteiger partial charge in [0, 0.05) is 5.76 Å². The molecule has 0 bridgehead atoms. The van der Waals surface area contributed by atoms with Gasteiger partial charge < -0.3 is 25.2 Å². The topological polar surface area (TPSA) is 184 Å². The second-order valence-electron chi connectivity index (χ2n) is 2.67. The van der Waals surface area contributed by atoms with E-state index in [4.69, 9.17) is 31.0 Å².